The van der Waals surface area contributed by atoms with Crippen molar-refractivity contribution in [1.82, 2.24) is 9.97 Å². The SMILES string of the molecule is NC1CCC(Cc2cc(-c3cccc(NCC4(O)CCOCC4)n3)c(Cl)cn2)CC1. The number of hydrogen-bond donors (Lipinski definition) is 3. The summed E-state index contributed by atoms with van der Waals surface area (Å²) in [4.78, 5) is 9.29. The number of anilines is 1. The fourth-order valence-electron chi connectivity index (χ4n) is 4.34. The van der Waals surface area contributed by atoms with Crippen molar-refractivity contribution < 1.29 is 9.84 Å². The van der Waals surface area contributed by atoms with E-state index in [1.54, 1.807) is 6.20 Å². The van der Waals surface area contributed by atoms with Gasteiger partial charge in [0, 0.05) is 56.1 Å². The molecular weight excluding hydrogens is 400 g/mol. The lowest BCUT2D eigenvalue weighted by Crippen LogP contribution is -2.42. The highest BCUT2D eigenvalue weighted by Crippen LogP contribution is 2.31. The quantitative estimate of drug-likeness (QED) is 0.645. The molecule has 2 aromatic rings. The molecule has 0 bridgehead atoms. The van der Waals surface area contributed by atoms with Gasteiger partial charge in [-0.25, -0.2) is 4.98 Å². The minimum Gasteiger partial charge on any atom is -0.388 e. The predicted molar refractivity (Wildman–Crippen MR) is 120 cm³/mol. The molecule has 4 rings (SSSR count). The lowest BCUT2D eigenvalue weighted by Gasteiger charge is -2.32. The molecule has 30 heavy (non-hydrogen) atoms. The van der Waals surface area contributed by atoms with E-state index in [-0.39, 0.29) is 0 Å². The van der Waals surface area contributed by atoms with Crippen molar-refractivity contribution in [2.75, 3.05) is 25.1 Å². The van der Waals surface area contributed by atoms with Crippen molar-refractivity contribution in [2.24, 2.45) is 11.7 Å². The number of nitrogens with zero attached hydrogens (tertiary/aromatic N) is 2. The van der Waals surface area contributed by atoms with E-state index in [1.165, 1.54) is 0 Å². The molecule has 162 valence electrons. The molecule has 2 aromatic heterocycles. The zero-order valence-corrected chi connectivity index (χ0v) is 18.1. The number of rotatable bonds is 6. The summed E-state index contributed by atoms with van der Waals surface area (Å²) in [6.07, 6.45) is 8.45. The van der Waals surface area contributed by atoms with Crippen molar-refractivity contribution >= 4 is 17.4 Å². The van der Waals surface area contributed by atoms with E-state index in [2.05, 4.69) is 16.4 Å². The summed E-state index contributed by atoms with van der Waals surface area (Å²) in [5.41, 5.74) is 8.03. The van der Waals surface area contributed by atoms with Crippen LogP contribution in [0.4, 0.5) is 5.82 Å². The Bertz CT molecular complexity index is 849. The van der Waals surface area contributed by atoms with E-state index < -0.39 is 5.60 Å². The van der Waals surface area contributed by atoms with Gasteiger partial charge in [0.25, 0.3) is 0 Å². The second-order valence-electron chi connectivity index (χ2n) is 8.74. The highest BCUT2D eigenvalue weighted by molar-refractivity contribution is 6.33. The van der Waals surface area contributed by atoms with Crippen LogP contribution in [-0.4, -0.2) is 46.5 Å². The van der Waals surface area contributed by atoms with Gasteiger partial charge in [-0.2, -0.15) is 0 Å². The molecule has 2 aliphatic rings. The lowest BCUT2D eigenvalue weighted by molar-refractivity contribution is -0.0543. The first kappa shape index (κ1) is 21.5. The summed E-state index contributed by atoms with van der Waals surface area (Å²) in [5.74, 6) is 1.36. The maximum absolute atomic E-state index is 10.7. The first-order valence-corrected chi connectivity index (χ1v) is 11.3. The Morgan fingerprint density at radius 3 is 2.73 bits per heavy atom. The Labute approximate surface area is 183 Å². The third-order valence-electron chi connectivity index (χ3n) is 6.35. The minimum absolute atomic E-state index is 0.355. The number of nitrogens with two attached hydrogens (primary N) is 1. The fraction of sp³-hybridized carbons (Fsp3) is 0.565. The molecule has 7 heteroatoms. The molecular formula is C23H31ClN4O2. The van der Waals surface area contributed by atoms with Crippen molar-refractivity contribution in [3.8, 4) is 11.3 Å². The highest BCUT2D eigenvalue weighted by atomic mass is 35.5. The molecule has 3 heterocycles. The van der Waals surface area contributed by atoms with Gasteiger partial charge in [-0.1, -0.05) is 17.7 Å². The molecule has 0 amide bonds. The number of aromatic nitrogens is 2. The smallest absolute Gasteiger partial charge is 0.126 e. The van der Waals surface area contributed by atoms with Gasteiger partial charge in [0.15, 0.2) is 0 Å². The van der Waals surface area contributed by atoms with Crippen molar-refractivity contribution in [2.45, 2.75) is 56.6 Å². The molecule has 1 aliphatic carbocycles. The molecule has 4 N–H and O–H groups in total. The molecule has 0 unspecified atom stereocenters. The molecule has 0 radical (unpaired) electrons. The highest BCUT2D eigenvalue weighted by Gasteiger charge is 2.29. The van der Waals surface area contributed by atoms with Crippen LogP contribution in [0.5, 0.6) is 0 Å². The molecule has 6 nitrogen and oxygen atoms in total. The first-order valence-electron chi connectivity index (χ1n) is 10.9. The number of aliphatic hydroxyl groups is 1. The molecule has 2 fully saturated rings. The van der Waals surface area contributed by atoms with Crippen LogP contribution in [0, 0.1) is 5.92 Å². The number of ether oxygens (including phenoxy) is 1. The monoisotopic (exact) mass is 430 g/mol. The second kappa shape index (κ2) is 9.60. The molecule has 1 aliphatic heterocycles. The Balaban J connectivity index is 1.46. The van der Waals surface area contributed by atoms with Crippen LogP contribution >= 0.6 is 11.6 Å². The average molecular weight is 431 g/mol. The van der Waals surface area contributed by atoms with Gasteiger partial charge in [0.1, 0.15) is 5.82 Å². The van der Waals surface area contributed by atoms with Crippen LogP contribution in [0.25, 0.3) is 11.3 Å². The summed E-state index contributed by atoms with van der Waals surface area (Å²) in [7, 11) is 0. The maximum atomic E-state index is 10.7. The van der Waals surface area contributed by atoms with E-state index in [9.17, 15) is 5.11 Å². The van der Waals surface area contributed by atoms with Gasteiger partial charge in [-0.05, 0) is 56.2 Å². The van der Waals surface area contributed by atoms with Crippen LogP contribution < -0.4 is 11.1 Å². The number of nitrogens with one attached hydrogen (secondary N) is 1. The van der Waals surface area contributed by atoms with Gasteiger partial charge in [0.05, 0.1) is 16.3 Å². The van der Waals surface area contributed by atoms with Crippen LogP contribution in [0.1, 0.15) is 44.2 Å². The molecule has 1 saturated carbocycles. The zero-order chi connectivity index (χ0) is 21.0. The van der Waals surface area contributed by atoms with Crippen molar-refractivity contribution in [1.29, 1.82) is 0 Å². The largest absolute Gasteiger partial charge is 0.388 e. The van der Waals surface area contributed by atoms with E-state index in [1.807, 2.05) is 18.2 Å². The second-order valence-corrected chi connectivity index (χ2v) is 9.15. The number of halogens is 1. The van der Waals surface area contributed by atoms with Crippen LogP contribution in [0.15, 0.2) is 30.5 Å². The van der Waals surface area contributed by atoms with Gasteiger partial charge in [-0.3, -0.25) is 4.98 Å². The number of hydrogen-bond acceptors (Lipinski definition) is 6. The van der Waals surface area contributed by atoms with Crippen LogP contribution in [0.3, 0.4) is 0 Å². The normalized spacial score (nSPS) is 23.8. The fourth-order valence-corrected chi connectivity index (χ4v) is 4.54. The summed E-state index contributed by atoms with van der Waals surface area (Å²) < 4.78 is 5.35. The van der Waals surface area contributed by atoms with Gasteiger partial charge in [0.2, 0.25) is 0 Å². The van der Waals surface area contributed by atoms with E-state index in [0.717, 1.165) is 54.9 Å². The molecule has 0 spiro atoms. The van der Waals surface area contributed by atoms with Gasteiger partial charge in [-0.15, -0.1) is 0 Å². The maximum Gasteiger partial charge on any atom is 0.126 e. The van der Waals surface area contributed by atoms with E-state index in [0.29, 0.717) is 49.6 Å². The van der Waals surface area contributed by atoms with E-state index >= 15 is 0 Å². The Morgan fingerprint density at radius 2 is 1.97 bits per heavy atom. The van der Waals surface area contributed by atoms with Gasteiger partial charge >= 0.3 is 0 Å². The molecule has 0 aromatic carbocycles. The first-order chi connectivity index (χ1) is 14.5. The lowest BCUT2D eigenvalue weighted by atomic mass is 9.83. The Hall–Kier alpha value is -1.73. The Morgan fingerprint density at radius 1 is 1.20 bits per heavy atom. The van der Waals surface area contributed by atoms with E-state index in [4.69, 9.17) is 27.1 Å². The van der Waals surface area contributed by atoms with Gasteiger partial charge < -0.3 is 20.9 Å². The predicted octanol–water partition coefficient (Wildman–Crippen LogP) is 3.81. The van der Waals surface area contributed by atoms with Crippen molar-refractivity contribution in [3.63, 3.8) is 0 Å². The number of pyridine rings is 2. The Kier molecular flexibility index (Phi) is 6.88. The average Bonchev–Trinajstić information content (AvgIpc) is 2.76. The van der Waals surface area contributed by atoms with Crippen molar-refractivity contribution in [3.05, 3.63) is 41.2 Å². The molecule has 0 atom stereocenters. The summed E-state index contributed by atoms with van der Waals surface area (Å²) >= 11 is 6.47. The summed E-state index contributed by atoms with van der Waals surface area (Å²) in [5, 5.41) is 14.5. The zero-order valence-electron chi connectivity index (χ0n) is 17.3. The summed E-state index contributed by atoms with van der Waals surface area (Å²) in [6.45, 7) is 1.63. The minimum atomic E-state index is -0.750. The van der Waals surface area contributed by atoms with Crippen LogP contribution in [-0.2, 0) is 11.2 Å². The topological polar surface area (TPSA) is 93.3 Å². The third kappa shape index (κ3) is 5.49. The third-order valence-corrected chi connectivity index (χ3v) is 6.65. The summed E-state index contributed by atoms with van der Waals surface area (Å²) in [6, 6.07) is 8.24. The molecule has 1 saturated heterocycles. The standard InChI is InChI=1S/C23H31ClN4O2/c24-20-14-26-18(12-16-4-6-17(25)7-5-16)13-19(20)21-2-1-3-22(28-21)27-15-23(29)8-10-30-11-9-23/h1-3,13-14,16-17,29H,4-12,15,25H2,(H,27,28). The van der Waals surface area contributed by atoms with Crippen LogP contribution in [0.2, 0.25) is 5.02 Å².